The molecule has 1 aliphatic carbocycles. The van der Waals surface area contributed by atoms with Crippen LogP contribution in [-0.4, -0.2) is 0 Å². The highest BCUT2D eigenvalue weighted by Crippen LogP contribution is 2.60. The number of fused-ring (bicyclic) bond motifs is 9. The van der Waals surface area contributed by atoms with Gasteiger partial charge in [0.2, 0.25) is 0 Å². The maximum Gasteiger partial charge on any atom is 0.159 e. The molecule has 52 heavy (non-hydrogen) atoms. The summed E-state index contributed by atoms with van der Waals surface area (Å²) in [5.41, 5.74) is 15.3. The van der Waals surface area contributed by atoms with Crippen LogP contribution >= 0.6 is 0 Å². The zero-order valence-corrected chi connectivity index (χ0v) is 28.3. The van der Waals surface area contributed by atoms with Crippen LogP contribution in [0.25, 0.3) is 88.0 Å². The molecule has 2 nitrogen and oxygen atoms in total. The highest BCUT2D eigenvalue weighted by atomic mass is 16.3. The molecule has 0 saturated carbocycles. The number of furan rings is 1. The molecule has 0 radical (unpaired) electrons. The highest BCUT2D eigenvalue weighted by molar-refractivity contribution is 6.26. The van der Waals surface area contributed by atoms with Crippen LogP contribution in [0.4, 0.5) is 17.1 Å². The first-order chi connectivity index (χ1) is 25.8. The van der Waals surface area contributed by atoms with Crippen molar-refractivity contribution in [2.75, 3.05) is 4.90 Å². The van der Waals surface area contributed by atoms with Crippen molar-refractivity contribution in [2.45, 2.75) is 0 Å². The van der Waals surface area contributed by atoms with Gasteiger partial charge in [0.25, 0.3) is 0 Å². The molecule has 9 aromatic carbocycles. The lowest BCUT2D eigenvalue weighted by Crippen LogP contribution is -2.10. The second-order valence-electron chi connectivity index (χ2n) is 13.6. The molecule has 242 valence electrons. The highest BCUT2D eigenvalue weighted by Gasteiger charge is 2.32. The minimum absolute atomic E-state index is 0.881. The Bertz CT molecular complexity index is 3000. The molecular formula is C50H31NO. The van der Waals surface area contributed by atoms with Crippen LogP contribution in [0.5, 0.6) is 0 Å². The summed E-state index contributed by atoms with van der Waals surface area (Å²) in [6.07, 6.45) is 0. The first-order valence-corrected chi connectivity index (χ1v) is 17.9. The monoisotopic (exact) mass is 661 g/mol. The van der Waals surface area contributed by atoms with Crippen molar-refractivity contribution in [3.05, 3.63) is 188 Å². The summed E-state index contributed by atoms with van der Waals surface area (Å²) in [4.78, 5) is 2.33. The largest absolute Gasteiger partial charge is 0.454 e. The molecule has 10 aromatic rings. The van der Waals surface area contributed by atoms with Crippen molar-refractivity contribution in [3.63, 3.8) is 0 Å². The summed E-state index contributed by atoms with van der Waals surface area (Å²) in [5.74, 6) is 0. The second kappa shape index (κ2) is 11.3. The SMILES string of the molecule is c1ccc(-c2c3c(c(-c4ccccc4)c4ccccc24)-c2cc4cc(N(c5ccccc5)c5cccc6c5oc5ccccc56)ccc4cc2-3)cc1. The van der Waals surface area contributed by atoms with E-state index in [1.165, 1.54) is 66.1 Å². The molecule has 0 N–H and O–H groups in total. The molecule has 1 aliphatic rings. The minimum atomic E-state index is 0.881. The van der Waals surface area contributed by atoms with Gasteiger partial charge in [-0.3, -0.25) is 0 Å². The molecule has 1 heterocycles. The van der Waals surface area contributed by atoms with Crippen LogP contribution in [0.15, 0.2) is 192 Å². The van der Waals surface area contributed by atoms with Crippen molar-refractivity contribution >= 4 is 60.5 Å². The summed E-state index contributed by atoms with van der Waals surface area (Å²) < 4.78 is 6.57. The third kappa shape index (κ3) is 4.25. The van der Waals surface area contributed by atoms with Crippen molar-refractivity contribution in [3.8, 4) is 44.5 Å². The summed E-state index contributed by atoms with van der Waals surface area (Å²) in [6.45, 7) is 0. The fourth-order valence-corrected chi connectivity index (χ4v) is 8.47. The molecule has 0 amide bonds. The van der Waals surface area contributed by atoms with Crippen molar-refractivity contribution < 1.29 is 4.42 Å². The zero-order chi connectivity index (χ0) is 34.2. The fraction of sp³-hybridized carbons (Fsp3) is 0. The second-order valence-corrected chi connectivity index (χ2v) is 13.6. The van der Waals surface area contributed by atoms with E-state index in [0.29, 0.717) is 0 Å². The Morgan fingerprint density at radius 3 is 1.54 bits per heavy atom. The van der Waals surface area contributed by atoms with Gasteiger partial charge in [0, 0.05) is 22.1 Å². The van der Waals surface area contributed by atoms with E-state index in [-0.39, 0.29) is 0 Å². The van der Waals surface area contributed by atoms with E-state index in [1.54, 1.807) is 0 Å². The Kier molecular flexibility index (Phi) is 6.28. The number of anilines is 3. The molecule has 1 aromatic heterocycles. The van der Waals surface area contributed by atoms with Gasteiger partial charge in [0.05, 0.1) is 5.69 Å². The van der Waals surface area contributed by atoms with Crippen LogP contribution in [-0.2, 0) is 0 Å². The van der Waals surface area contributed by atoms with Gasteiger partial charge in [-0.2, -0.15) is 0 Å². The number of benzene rings is 9. The van der Waals surface area contributed by atoms with Gasteiger partial charge < -0.3 is 9.32 Å². The van der Waals surface area contributed by atoms with Crippen LogP contribution in [0.3, 0.4) is 0 Å². The Morgan fingerprint density at radius 1 is 0.346 bits per heavy atom. The molecular weight excluding hydrogens is 631 g/mol. The zero-order valence-electron chi connectivity index (χ0n) is 28.3. The minimum Gasteiger partial charge on any atom is -0.454 e. The predicted molar refractivity (Wildman–Crippen MR) is 219 cm³/mol. The summed E-state index contributed by atoms with van der Waals surface area (Å²) in [5, 5.41) is 7.22. The van der Waals surface area contributed by atoms with Gasteiger partial charge in [-0.05, 0) is 115 Å². The molecule has 0 bridgehead atoms. The number of para-hydroxylation sites is 3. The molecule has 0 unspecified atom stereocenters. The molecule has 0 saturated heterocycles. The number of rotatable bonds is 5. The first kappa shape index (κ1) is 28.9. The molecule has 0 spiro atoms. The van der Waals surface area contributed by atoms with E-state index in [2.05, 4.69) is 181 Å². The van der Waals surface area contributed by atoms with Crippen LogP contribution in [0.1, 0.15) is 0 Å². The Morgan fingerprint density at radius 2 is 0.885 bits per heavy atom. The lowest BCUT2D eigenvalue weighted by molar-refractivity contribution is 0.669. The number of nitrogens with zero attached hydrogens (tertiary/aromatic N) is 1. The van der Waals surface area contributed by atoms with Crippen LogP contribution < -0.4 is 4.90 Å². The molecule has 0 aliphatic heterocycles. The topological polar surface area (TPSA) is 16.4 Å². The van der Waals surface area contributed by atoms with Gasteiger partial charge in [-0.15, -0.1) is 0 Å². The van der Waals surface area contributed by atoms with Gasteiger partial charge in [-0.1, -0.05) is 140 Å². The maximum atomic E-state index is 6.57. The molecule has 0 fully saturated rings. The molecule has 11 rings (SSSR count). The third-order valence-electron chi connectivity index (χ3n) is 10.7. The number of hydrogen-bond acceptors (Lipinski definition) is 2. The van der Waals surface area contributed by atoms with E-state index in [0.717, 1.165) is 39.0 Å². The first-order valence-electron chi connectivity index (χ1n) is 17.9. The quantitative estimate of drug-likeness (QED) is 0.182. The number of hydrogen-bond donors (Lipinski definition) is 0. The van der Waals surface area contributed by atoms with E-state index in [4.69, 9.17) is 4.42 Å². The maximum absolute atomic E-state index is 6.57. The smallest absolute Gasteiger partial charge is 0.159 e. The van der Waals surface area contributed by atoms with E-state index >= 15 is 0 Å². The summed E-state index contributed by atoms with van der Waals surface area (Å²) in [7, 11) is 0. The molecule has 2 heteroatoms. The lowest BCUT2D eigenvalue weighted by atomic mass is 9.70. The normalized spacial score (nSPS) is 11.8. The van der Waals surface area contributed by atoms with Crippen molar-refractivity contribution in [1.29, 1.82) is 0 Å². The average molecular weight is 662 g/mol. The van der Waals surface area contributed by atoms with Gasteiger partial charge in [0.15, 0.2) is 5.58 Å². The Labute approximate surface area is 301 Å². The van der Waals surface area contributed by atoms with Crippen LogP contribution in [0.2, 0.25) is 0 Å². The molecule has 0 atom stereocenters. The average Bonchev–Trinajstić information content (AvgIpc) is 3.60. The van der Waals surface area contributed by atoms with Gasteiger partial charge in [0.1, 0.15) is 5.58 Å². The van der Waals surface area contributed by atoms with Gasteiger partial charge in [-0.25, -0.2) is 0 Å². The summed E-state index contributed by atoms with van der Waals surface area (Å²) in [6, 6.07) is 67.7. The standard InChI is InChI=1S/C50H31NO/c1-4-15-32(16-5-1)46-39-22-10-11-23-40(39)47(33-17-6-2-7-18-33)49-43-31-35-29-37(28-27-34(35)30-42(43)48(46)49)51(36-19-8-3-9-20-36)44-25-14-24-41-38-21-12-13-26-45(38)52-50(41)44/h1-31H. The predicted octanol–water partition coefficient (Wildman–Crippen LogP) is 14.3. The fourth-order valence-electron chi connectivity index (χ4n) is 8.47. The Hall–Kier alpha value is -6.90. The summed E-state index contributed by atoms with van der Waals surface area (Å²) >= 11 is 0. The van der Waals surface area contributed by atoms with E-state index < -0.39 is 0 Å². The van der Waals surface area contributed by atoms with E-state index in [1.807, 2.05) is 12.1 Å². The lowest BCUT2D eigenvalue weighted by Gasteiger charge is -2.33. The van der Waals surface area contributed by atoms with Gasteiger partial charge >= 0.3 is 0 Å². The van der Waals surface area contributed by atoms with Crippen LogP contribution in [0, 0.1) is 0 Å². The van der Waals surface area contributed by atoms with E-state index in [9.17, 15) is 0 Å². The van der Waals surface area contributed by atoms with Crippen molar-refractivity contribution in [2.24, 2.45) is 0 Å². The van der Waals surface area contributed by atoms with Crippen molar-refractivity contribution in [1.82, 2.24) is 0 Å². The Balaban J connectivity index is 1.15. The third-order valence-corrected chi connectivity index (χ3v) is 10.7.